The lowest BCUT2D eigenvalue weighted by Crippen LogP contribution is -2.29. The van der Waals surface area contributed by atoms with Gasteiger partial charge in [-0.2, -0.15) is 0 Å². The molecule has 1 rings (SSSR count). The Morgan fingerprint density at radius 2 is 1.69 bits per heavy atom. The number of anilines is 1. The minimum atomic E-state index is 0.167. The average molecular weight is 351 g/mol. The number of benzene rings is 1. The minimum absolute atomic E-state index is 0.167. The number of nitrogens with one attached hydrogen (secondary N) is 1. The number of hydrogen-bond acceptors (Lipinski definition) is 2. The van der Waals surface area contributed by atoms with Crippen LogP contribution in [0, 0.1) is 6.92 Å². The molecular weight excluding hydrogens is 334 g/mol. The van der Waals surface area contributed by atoms with Crippen molar-refractivity contribution in [3.05, 3.63) is 26.6 Å². The van der Waals surface area contributed by atoms with Crippen LogP contribution in [0.25, 0.3) is 0 Å². The fraction of sp³-hybridized carbons (Fsp3) is 0.500. The summed E-state index contributed by atoms with van der Waals surface area (Å²) >= 11 is 7.13. The highest BCUT2D eigenvalue weighted by Crippen LogP contribution is 2.33. The highest BCUT2D eigenvalue weighted by Gasteiger charge is 2.14. The van der Waals surface area contributed by atoms with Gasteiger partial charge in [0.2, 0.25) is 0 Å². The van der Waals surface area contributed by atoms with Gasteiger partial charge in [-0.25, -0.2) is 0 Å². The lowest BCUT2D eigenvalue weighted by atomic mass is 10.1. The molecule has 1 aromatic carbocycles. The van der Waals surface area contributed by atoms with Crippen LogP contribution in [0.5, 0.6) is 0 Å². The van der Waals surface area contributed by atoms with Gasteiger partial charge >= 0.3 is 0 Å². The maximum absolute atomic E-state index is 5.29. The van der Waals surface area contributed by atoms with Crippen molar-refractivity contribution < 1.29 is 4.74 Å². The summed E-state index contributed by atoms with van der Waals surface area (Å²) < 4.78 is 7.42. The second-order valence-corrected chi connectivity index (χ2v) is 5.69. The third kappa shape index (κ3) is 3.47. The Morgan fingerprint density at radius 3 is 2.12 bits per heavy atom. The number of rotatable bonds is 4. The summed E-state index contributed by atoms with van der Waals surface area (Å²) in [5.74, 6) is 0. The standard InChI is InChI=1S/C12H17Br2NO/c1-7-5-10(13)12(11(14)6-7)15-8(2)9(3)16-4/h5-6,8-9,15H,1-4H3. The molecule has 2 atom stereocenters. The zero-order valence-electron chi connectivity index (χ0n) is 9.97. The topological polar surface area (TPSA) is 21.3 Å². The quantitative estimate of drug-likeness (QED) is 0.871. The highest BCUT2D eigenvalue weighted by atomic mass is 79.9. The van der Waals surface area contributed by atoms with Gasteiger partial charge in [0.25, 0.3) is 0 Å². The van der Waals surface area contributed by atoms with Gasteiger partial charge in [-0.1, -0.05) is 0 Å². The van der Waals surface area contributed by atoms with E-state index in [4.69, 9.17) is 4.74 Å². The monoisotopic (exact) mass is 349 g/mol. The lowest BCUT2D eigenvalue weighted by Gasteiger charge is -2.22. The zero-order valence-corrected chi connectivity index (χ0v) is 13.1. The molecule has 0 radical (unpaired) electrons. The Labute approximate surface area is 114 Å². The van der Waals surface area contributed by atoms with Crippen molar-refractivity contribution >= 4 is 37.5 Å². The minimum Gasteiger partial charge on any atom is -0.380 e. The molecule has 4 heteroatoms. The highest BCUT2D eigenvalue weighted by molar-refractivity contribution is 9.11. The van der Waals surface area contributed by atoms with Crippen molar-refractivity contribution in [2.24, 2.45) is 0 Å². The number of hydrogen-bond donors (Lipinski definition) is 1. The first-order valence-electron chi connectivity index (χ1n) is 5.20. The van der Waals surface area contributed by atoms with Crippen molar-refractivity contribution in [2.45, 2.75) is 32.9 Å². The fourth-order valence-electron chi connectivity index (χ4n) is 1.39. The second-order valence-electron chi connectivity index (χ2n) is 3.98. The van der Waals surface area contributed by atoms with Gasteiger partial charge in [0, 0.05) is 22.1 Å². The van der Waals surface area contributed by atoms with Crippen LogP contribution in [-0.4, -0.2) is 19.3 Å². The van der Waals surface area contributed by atoms with Crippen molar-refractivity contribution in [1.29, 1.82) is 0 Å². The molecular formula is C12H17Br2NO. The van der Waals surface area contributed by atoms with Gasteiger partial charge in [-0.05, 0) is 70.3 Å². The van der Waals surface area contributed by atoms with Gasteiger partial charge in [0.05, 0.1) is 11.8 Å². The van der Waals surface area contributed by atoms with Crippen LogP contribution in [0.4, 0.5) is 5.69 Å². The van der Waals surface area contributed by atoms with E-state index in [0.717, 1.165) is 14.6 Å². The maximum Gasteiger partial charge on any atom is 0.0741 e. The van der Waals surface area contributed by atoms with Gasteiger partial charge in [0.15, 0.2) is 0 Å². The predicted molar refractivity (Wildman–Crippen MR) is 76.1 cm³/mol. The third-order valence-corrected chi connectivity index (χ3v) is 3.89. The molecule has 0 saturated heterocycles. The summed E-state index contributed by atoms with van der Waals surface area (Å²) in [4.78, 5) is 0. The van der Waals surface area contributed by atoms with Crippen LogP contribution in [0.15, 0.2) is 21.1 Å². The van der Waals surface area contributed by atoms with E-state index >= 15 is 0 Å². The second kappa shape index (κ2) is 6.03. The summed E-state index contributed by atoms with van der Waals surface area (Å²) in [6.07, 6.45) is 0.167. The van der Waals surface area contributed by atoms with Crippen LogP contribution in [0.2, 0.25) is 0 Å². The molecule has 1 aromatic rings. The molecule has 0 aliphatic heterocycles. The van der Waals surface area contributed by atoms with Crippen LogP contribution in [0.1, 0.15) is 19.4 Å². The van der Waals surface area contributed by atoms with Crippen LogP contribution >= 0.6 is 31.9 Å². The van der Waals surface area contributed by atoms with E-state index in [-0.39, 0.29) is 12.1 Å². The SMILES string of the molecule is COC(C)C(C)Nc1c(Br)cc(C)cc1Br. The van der Waals surface area contributed by atoms with Crippen LogP contribution in [-0.2, 0) is 4.74 Å². The molecule has 0 fully saturated rings. The van der Waals surface area contributed by atoms with E-state index < -0.39 is 0 Å². The van der Waals surface area contributed by atoms with E-state index in [1.165, 1.54) is 5.56 Å². The Balaban J connectivity index is 2.89. The van der Waals surface area contributed by atoms with Gasteiger partial charge in [-0.15, -0.1) is 0 Å². The van der Waals surface area contributed by atoms with E-state index in [2.05, 4.69) is 63.2 Å². The van der Waals surface area contributed by atoms with Crippen LogP contribution in [0.3, 0.4) is 0 Å². The van der Waals surface area contributed by atoms with Crippen molar-refractivity contribution in [3.8, 4) is 0 Å². The Hall–Kier alpha value is -0.0600. The Morgan fingerprint density at radius 1 is 1.19 bits per heavy atom. The normalized spacial score (nSPS) is 14.6. The maximum atomic E-state index is 5.29. The summed E-state index contributed by atoms with van der Waals surface area (Å²) in [6, 6.07) is 4.44. The molecule has 1 N–H and O–H groups in total. The van der Waals surface area contributed by atoms with Crippen molar-refractivity contribution in [2.75, 3.05) is 12.4 Å². The van der Waals surface area contributed by atoms with Gasteiger partial charge in [-0.3, -0.25) is 0 Å². The predicted octanol–water partition coefficient (Wildman–Crippen LogP) is 4.36. The zero-order chi connectivity index (χ0) is 12.3. The lowest BCUT2D eigenvalue weighted by molar-refractivity contribution is 0.106. The van der Waals surface area contributed by atoms with Gasteiger partial charge in [0.1, 0.15) is 0 Å². The summed E-state index contributed by atoms with van der Waals surface area (Å²) in [6.45, 7) is 6.22. The molecule has 2 unspecified atom stereocenters. The summed E-state index contributed by atoms with van der Waals surface area (Å²) in [5, 5.41) is 3.44. The first-order valence-corrected chi connectivity index (χ1v) is 6.79. The smallest absolute Gasteiger partial charge is 0.0741 e. The first kappa shape index (κ1) is 14.0. The van der Waals surface area contributed by atoms with E-state index in [1.54, 1.807) is 7.11 Å². The molecule has 0 saturated carbocycles. The van der Waals surface area contributed by atoms with Crippen molar-refractivity contribution in [3.63, 3.8) is 0 Å². The number of ether oxygens (including phenoxy) is 1. The summed E-state index contributed by atoms with van der Waals surface area (Å²) in [5.41, 5.74) is 2.29. The Bertz CT molecular complexity index is 345. The molecule has 0 heterocycles. The molecule has 0 aromatic heterocycles. The van der Waals surface area contributed by atoms with Gasteiger partial charge < -0.3 is 10.1 Å². The molecule has 2 nitrogen and oxygen atoms in total. The van der Waals surface area contributed by atoms with Crippen molar-refractivity contribution in [1.82, 2.24) is 0 Å². The number of halogens is 2. The molecule has 90 valence electrons. The Kier molecular flexibility index (Phi) is 5.28. The molecule has 0 aliphatic carbocycles. The van der Waals surface area contributed by atoms with Crippen LogP contribution < -0.4 is 5.32 Å². The number of methoxy groups -OCH3 is 1. The van der Waals surface area contributed by atoms with E-state index in [9.17, 15) is 0 Å². The number of aryl methyl sites for hydroxylation is 1. The molecule has 0 spiro atoms. The summed E-state index contributed by atoms with van der Waals surface area (Å²) in [7, 11) is 1.72. The average Bonchev–Trinajstić information content (AvgIpc) is 2.21. The molecule has 16 heavy (non-hydrogen) atoms. The molecule has 0 amide bonds. The van der Waals surface area contributed by atoms with E-state index in [1.807, 2.05) is 6.92 Å². The third-order valence-electron chi connectivity index (χ3n) is 2.63. The molecule has 0 aliphatic rings. The largest absolute Gasteiger partial charge is 0.380 e. The first-order chi connectivity index (χ1) is 7.45. The molecule has 0 bridgehead atoms. The van der Waals surface area contributed by atoms with E-state index in [0.29, 0.717) is 0 Å². The fourth-order valence-corrected chi connectivity index (χ4v) is 3.03.